The number of nitrogens with two attached hydrogens (primary N) is 1. The largest absolute Gasteiger partial charge is 0.505 e. The van der Waals surface area contributed by atoms with Gasteiger partial charge in [-0.1, -0.05) is 29.5 Å². The minimum Gasteiger partial charge on any atom is -0.505 e. The fourth-order valence-electron chi connectivity index (χ4n) is 3.34. The van der Waals surface area contributed by atoms with Crippen molar-refractivity contribution in [2.45, 2.75) is 4.90 Å². The number of aromatic hydroxyl groups is 1. The standard InChI is InChI=1S/C23H16N4O5S2/c24-14-6-5-13-11-20(34(29,30)31)21(22(28)17(13)12-14)27-26-15-7-9-16(10-8-15)32-23-25-18-3-1-2-4-19(18)33-23/h1-12,28H,24H2,(H,29,30,31). The lowest BCUT2D eigenvalue weighted by Gasteiger charge is -2.09. The number of rotatable bonds is 5. The number of fused-ring (bicyclic) bond motifs is 2. The molecule has 5 rings (SSSR count). The molecular formula is C23H16N4O5S2. The molecule has 0 atom stereocenters. The zero-order chi connectivity index (χ0) is 23.9. The molecule has 1 heterocycles. The van der Waals surface area contributed by atoms with Gasteiger partial charge in [0.25, 0.3) is 15.3 Å². The molecule has 0 amide bonds. The van der Waals surface area contributed by atoms with E-state index in [2.05, 4.69) is 15.2 Å². The molecule has 0 bridgehead atoms. The number of thiazole rings is 1. The van der Waals surface area contributed by atoms with Gasteiger partial charge in [-0.15, -0.1) is 5.11 Å². The second kappa shape index (κ2) is 8.37. The number of hydrogen-bond acceptors (Lipinski definition) is 9. The maximum atomic E-state index is 11.9. The first-order chi connectivity index (χ1) is 16.3. The van der Waals surface area contributed by atoms with Gasteiger partial charge >= 0.3 is 0 Å². The van der Waals surface area contributed by atoms with Crippen LogP contribution in [0.5, 0.6) is 16.7 Å². The van der Waals surface area contributed by atoms with Gasteiger partial charge in [-0.2, -0.15) is 13.5 Å². The van der Waals surface area contributed by atoms with E-state index in [1.54, 1.807) is 30.3 Å². The van der Waals surface area contributed by atoms with Crippen molar-refractivity contribution >= 4 is 59.5 Å². The summed E-state index contributed by atoms with van der Waals surface area (Å²) in [6.45, 7) is 0. The van der Waals surface area contributed by atoms with Crippen molar-refractivity contribution in [1.29, 1.82) is 0 Å². The number of hydrogen-bond donors (Lipinski definition) is 3. The maximum absolute atomic E-state index is 11.9. The number of phenolic OH excluding ortho intramolecular Hbond substituents is 1. The van der Waals surface area contributed by atoms with Gasteiger partial charge in [0.05, 0.1) is 15.9 Å². The summed E-state index contributed by atoms with van der Waals surface area (Å²) in [5.74, 6) is 0.0672. The first-order valence-electron chi connectivity index (χ1n) is 9.86. The molecule has 9 nitrogen and oxygen atoms in total. The number of nitrogen functional groups attached to an aromatic ring is 1. The summed E-state index contributed by atoms with van der Waals surface area (Å²) in [6.07, 6.45) is 0. The van der Waals surface area contributed by atoms with Crippen molar-refractivity contribution in [3.63, 3.8) is 0 Å². The Hall–Kier alpha value is -4.06. The van der Waals surface area contributed by atoms with E-state index < -0.39 is 26.5 Å². The van der Waals surface area contributed by atoms with E-state index in [-0.39, 0.29) is 5.39 Å². The Morgan fingerprint density at radius 1 is 0.971 bits per heavy atom. The van der Waals surface area contributed by atoms with Crippen LogP contribution in [0.3, 0.4) is 0 Å². The highest BCUT2D eigenvalue weighted by Gasteiger charge is 2.22. The second-order valence-electron chi connectivity index (χ2n) is 7.27. The Bertz CT molecular complexity index is 1650. The molecule has 1 aromatic heterocycles. The predicted octanol–water partition coefficient (Wildman–Crippen LogP) is 6.19. The van der Waals surface area contributed by atoms with Crippen LogP contribution in [0.1, 0.15) is 0 Å². The molecule has 0 aliphatic heterocycles. The molecule has 0 aliphatic carbocycles. The Morgan fingerprint density at radius 3 is 2.47 bits per heavy atom. The number of azo groups is 1. The van der Waals surface area contributed by atoms with Crippen LogP contribution in [0, 0.1) is 0 Å². The first kappa shape index (κ1) is 21.8. The fourth-order valence-corrected chi connectivity index (χ4v) is 4.83. The van der Waals surface area contributed by atoms with E-state index in [1.807, 2.05) is 24.3 Å². The molecule has 0 saturated carbocycles. The molecule has 0 fully saturated rings. The molecule has 5 aromatic rings. The average molecular weight is 493 g/mol. The minimum absolute atomic E-state index is 0.279. The van der Waals surface area contributed by atoms with Crippen LogP contribution in [0.15, 0.2) is 87.9 Å². The van der Waals surface area contributed by atoms with Crippen LogP contribution in [-0.4, -0.2) is 23.1 Å². The lowest BCUT2D eigenvalue weighted by molar-refractivity contribution is 0.472. The summed E-state index contributed by atoms with van der Waals surface area (Å²) in [6, 6.07) is 20.0. The van der Waals surface area contributed by atoms with Crippen LogP contribution in [0.4, 0.5) is 17.1 Å². The van der Waals surface area contributed by atoms with Gasteiger partial charge < -0.3 is 15.6 Å². The van der Waals surface area contributed by atoms with Crippen LogP contribution >= 0.6 is 11.3 Å². The van der Waals surface area contributed by atoms with E-state index in [0.29, 0.717) is 27.7 Å². The van der Waals surface area contributed by atoms with Crippen molar-refractivity contribution in [1.82, 2.24) is 4.98 Å². The monoisotopic (exact) mass is 492 g/mol. The van der Waals surface area contributed by atoms with Crippen LogP contribution < -0.4 is 10.5 Å². The Labute approximate surface area is 197 Å². The van der Waals surface area contributed by atoms with Crippen molar-refractivity contribution in [2.24, 2.45) is 10.2 Å². The number of anilines is 1. The minimum atomic E-state index is -4.69. The normalized spacial score (nSPS) is 12.0. The fraction of sp³-hybridized carbons (Fsp3) is 0. The number of ether oxygens (including phenoxy) is 1. The topological polar surface area (TPSA) is 147 Å². The summed E-state index contributed by atoms with van der Waals surface area (Å²) >= 11 is 1.42. The quantitative estimate of drug-likeness (QED) is 0.150. The predicted molar refractivity (Wildman–Crippen MR) is 130 cm³/mol. The zero-order valence-corrected chi connectivity index (χ0v) is 18.9. The third kappa shape index (κ3) is 4.27. The Morgan fingerprint density at radius 2 is 1.74 bits per heavy atom. The summed E-state index contributed by atoms with van der Waals surface area (Å²) in [5, 5.41) is 19.7. The molecule has 0 saturated heterocycles. The molecular weight excluding hydrogens is 476 g/mol. The molecule has 11 heteroatoms. The summed E-state index contributed by atoms with van der Waals surface area (Å²) in [4.78, 5) is 3.85. The van der Waals surface area contributed by atoms with Gasteiger partial charge in [0.15, 0.2) is 5.75 Å². The number of phenols is 1. The highest BCUT2D eigenvalue weighted by Crippen LogP contribution is 2.42. The van der Waals surface area contributed by atoms with E-state index in [9.17, 15) is 18.1 Å². The molecule has 0 spiro atoms. The number of para-hydroxylation sites is 1. The summed E-state index contributed by atoms with van der Waals surface area (Å²) in [5.41, 5.74) is 6.96. The van der Waals surface area contributed by atoms with Gasteiger partial charge in [0.2, 0.25) is 0 Å². The summed E-state index contributed by atoms with van der Waals surface area (Å²) in [7, 11) is -4.69. The van der Waals surface area contributed by atoms with Gasteiger partial charge in [0, 0.05) is 11.1 Å². The van der Waals surface area contributed by atoms with Crippen LogP contribution in [0.2, 0.25) is 0 Å². The molecule has 0 unspecified atom stereocenters. The van der Waals surface area contributed by atoms with Crippen molar-refractivity contribution in [2.75, 3.05) is 5.73 Å². The van der Waals surface area contributed by atoms with E-state index >= 15 is 0 Å². The van der Waals surface area contributed by atoms with E-state index in [4.69, 9.17) is 10.5 Å². The van der Waals surface area contributed by atoms with Gasteiger partial charge in [-0.3, -0.25) is 4.55 Å². The Balaban J connectivity index is 1.45. The van der Waals surface area contributed by atoms with Crippen molar-refractivity contribution in [3.8, 4) is 16.7 Å². The van der Waals surface area contributed by atoms with Crippen LogP contribution in [0.25, 0.3) is 21.0 Å². The van der Waals surface area contributed by atoms with Gasteiger partial charge in [-0.25, -0.2) is 4.98 Å². The SMILES string of the molecule is Nc1ccc2cc(S(=O)(=O)O)c(N=Nc3ccc(Oc4nc5ccccc5s4)cc3)c(O)c2c1. The Kier molecular flexibility index (Phi) is 5.36. The molecule has 170 valence electrons. The number of benzene rings is 4. The molecule has 4 N–H and O–H groups in total. The van der Waals surface area contributed by atoms with E-state index in [0.717, 1.165) is 10.2 Å². The number of aromatic nitrogens is 1. The van der Waals surface area contributed by atoms with Crippen LogP contribution in [-0.2, 0) is 10.1 Å². The molecule has 34 heavy (non-hydrogen) atoms. The molecule has 4 aromatic carbocycles. The summed E-state index contributed by atoms with van der Waals surface area (Å²) < 4.78 is 40.3. The maximum Gasteiger partial charge on any atom is 0.296 e. The lowest BCUT2D eigenvalue weighted by atomic mass is 10.1. The first-order valence-corrected chi connectivity index (χ1v) is 12.1. The third-order valence-corrected chi connectivity index (χ3v) is 6.72. The van der Waals surface area contributed by atoms with E-state index in [1.165, 1.54) is 29.5 Å². The van der Waals surface area contributed by atoms with Crippen molar-refractivity contribution < 1.29 is 22.8 Å². The smallest absolute Gasteiger partial charge is 0.296 e. The van der Waals surface area contributed by atoms with Gasteiger partial charge in [0.1, 0.15) is 16.3 Å². The molecule has 0 aliphatic rings. The lowest BCUT2D eigenvalue weighted by Crippen LogP contribution is -1.99. The highest BCUT2D eigenvalue weighted by atomic mass is 32.2. The molecule has 0 radical (unpaired) electrons. The number of nitrogens with zero attached hydrogens (tertiary/aromatic N) is 3. The zero-order valence-electron chi connectivity index (χ0n) is 17.3. The third-order valence-electron chi connectivity index (χ3n) is 4.94. The average Bonchev–Trinajstić information content (AvgIpc) is 3.21. The highest BCUT2D eigenvalue weighted by molar-refractivity contribution is 7.86. The second-order valence-corrected chi connectivity index (χ2v) is 9.65. The van der Waals surface area contributed by atoms with Crippen molar-refractivity contribution in [3.05, 3.63) is 72.8 Å². The van der Waals surface area contributed by atoms with Gasteiger partial charge in [-0.05, 0) is 60.0 Å².